The average molecular weight is 316 g/mol. The molecular weight excluding hydrogens is 296 g/mol. The Labute approximate surface area is 140 Å². The minimum absolute atomic E-state index is 0.0528. The summed E-state index contributed by atoms with van der Waals surface area (Å²) in [5.41, 5.74) is 11.1. The van der Waals surface area contributed by atoms with Gasteiger partial charge in [0.1, 0.15) is 5.82 Å². The quantitative estimate of drug-likeness (QED) is 0.600. The van der Waals surface area contributed by atoms with Crippen LogP contribution in [0.5, 0.6) is 0 Å². The summed E-state index contributed by atoms with van der Waals surface area (Å²) in [5.74, 6) is 0.867. The number of imidazole rings is 1. The molecule has 120 valence electrons. The topological polar surface area (TPSA) is 67.6 Å². The SMILES string of the molecule is CC(C)(CN)c1ccc2nc(-c3ccnc4ccccc34)[nH]c2c1. The number of para-hydroxylation sites is 1. The Bertz CT molecular complexity index is 1020. The van der Waals surface area contributed by atoms with Crippen molar-refractivity contribution in [2.75, 3.05) is 6.54 Å². The molecule has 0 atom stereocenters. The Morgan fingerprint density at radius 3 is 2.71 bits per heavy atom. The molecule has 0 radical (unpaired) electrons. The highest BCUT2D eigenvalue weighted by Gasteiger charge is 2.19. The molecule has 0 unspecified atom stereocenters. The summed E-state index contributed by atoms with van der Waals surface area (Å²) in [5, 5.41) is 1.10. The fraction of sp³-hybridized carbons (Fsp3) is 0.200. The molecule has 0 aliphatic carbocycles. The van der Waals surface area contributed by atoms with Gasteiger partial charge in [0, 0.05) is 29.1 Å². The highest BCUT2D eigenvalue weighted by molar-refractivity contribution is 5.94. The molecule has 0 aliphatic rings. The van der Waals surface area contributed by atoms with Gasteiger partial charge in [-0.15, -0.1) is 0 Å². The van der Waals surface area contributed by atoms with E-state index in [2.05, 4.69) is 48.1 Å². The van der Waals surface area contributed by atoms with Crippen molar-refractivity contribution in [3.63, 3.8) is 0 Å². The lowest BCUT2D eigenvalue weighted by atomic mass is 9.85. The van der Waals surface area contributed by atoms with Gasteiger partial charge in [-0.2, -0.15) is 0 Å². The van der Waals surface area contributed by atoms with Gasteiger partial charge < -0.3 is 10.7 Å². The summed E-state index contributed by atoms with van der Waals surface area (Å²) in [6.45, 7) is 4.91. The van der Waals surface area contributed by atoms with Crippen molar-refractivity contribution in [1.82, 2.24) is 15.0 Å². The van der Waals surface area contributed by atoms with Gasteiger partial charge >= 0.3 is 0 Å². The maximum absolute atomic E-state index is 5.91. The van der Waals surface area contributed by atoms with Crippen LogP contribution in [0.3, 0.4) is 0 Å². The molecule has 4 nitrogen and oxygen atoms in total. The summed E-state index contributed by atoms with van der Waals surface area (Å²) in [6.07, 6.45) is 1.83. The van der Waals surface area contributed by atoms with Crippen LogP contribution in [0.1, 0.15) is 19.4 Å². The molecule has 0 saturated carbocycles. The molecule has 0 bridgehead atoms. The number of benzene rings is 2. The van der Waals surface area contributed by atoms with E-state index in [1.807, 2.05) is 30.5 Å². The van der Waals surface area contributed by atoms with Crippen molar-refractivity contribution in [1.29, 1.82) is 0 Å². The third-order valence-electron chi connectivity index (χ3n) is 4.68. The molecule has 4 rings (SSSR count). The maximum Gasteiger partial charge on any atom is 0.139 e. The summed E-state index contributed by atoms with van der Waals surface area (Å²) >= 11 is 0. The number of H-pyrrole nitrogens is 1. The largest absolute Gasteiger partial charge is 0.338 e. The van der Waals surface area contributed by atoms with E-state index in [0.29, 0.717) is 6.54 Å². The Morgan fingerprint density at radius 1 is 1.04 bits per heavy atom. The normalized spacial score (nSPS) is 12.1. The molecule has 0 saturated heterocycles. The van der Waals surface area contributed by atoms with Crippen molar-refractivity contribution >= 4 is 21.9 Å². The van der Waals surface area contributed by atoms with Crippen LogP contribution in [0, 0.1) is 0 Å². The predicted molar refractivity (Wildman–Crippen MR) is 98.9 cm³/mol. The zero-order chi connectivity index (χ0) is 16.7. The van der Waals surface area contributed by atoms with E-state index in [-0.39, 0.29) is 5.41 Å². The second-order valence-corrected chi connectivity index (χ2v) is 6.78. The second kappa shape index (κ2) is 5.42. The van der Waals surface area contributed by atoms with Gasteiger partial charge in [0.25, 0.3) is 0 Å². The van der Waals surface area contributed by atoms with Crippen LogP contribution in [0.2, 0.25) is 0 Å². The van der Waals surface area contributed by atoms with E-state index in [1.165, 1.54) is 5.56 Å². The van der Waals surface area contributed by atoms with Gasteiger partial charge in [0.15, 0.2) is 0 Å². The number of aromatic amines is 1. The lowest BCUT2D eigenvalue weighted by Crippen LogP contribution is -2.27. The number of nitrogens with zero attached hydrogens (tertiary/aromatic N) is 2. The number of aromatic nitrogens is 3. The first-order valence-corrected chi connectivity index (χ1v) is 8.13. The number of hydrogen-bond donors (Lipinski definition) is 2. The first-order valence-electron chi connectivity index (χ1n) is 8.13. The smallest absolute Gasteiger partial charge is 0.139 e. The van der Waals surface area contributed by atoms with Crippen LogP contribution >= 0.6 is 0 Å². The first kappa shape index (κ1) is 14.8. The minimum Gasteiger partial charge on any atom is -0.338 e. The van der Waals surface area contributed by atoms with Crippen LogP contribution in [0.15, 0.2) is 54.7 Å². The van der Waals surface area contributed by atoms with Crippen LogP contribution in [0.4, 0.5) is 0 Å². The summed E-state index contributed by atoms with van der Waals surface area (Å²) in [7, 11) is 0. The molecular formula is C20H20N4. The minimum atomic E-state index is -0.0528. The highest BCUT2D eigenvalue weighted by Crippen LogP contribution is 2.29. The van der Waals surface area contributed by atoms with Crippen LogP contribution in [0.25, 0.3) is 33.3 Å². The lowest BCUT2D eigenvalue weighted by Gasteiger charge is -2.22. The van der Waals surface area contributed by atoms with Crippen molar-refractivity contribution < 1.29 is 0 Å². The summed E-state index contributed by atoms with van der Waals surface area (Å²) in [4.78, 5) is 12.7. The maximum atomic E-state index is 5.91. The fourth-order valence-corrected chi connectivity index (χ4v) is 2.98. The summed E-state index contributed by atoms with van der Waals surface area (Å²) < 4.78 is 0. The van der Waals surface area contributed by atoms with Crippen LogP contribution in [-0.4, -0.2) is 21.5 Å². The Balaban J connectivity index is 1.89. The molecule has 2 aromatic carbocycles. The Kier molecular flexibility index (Phi) is 3.36. The standard InChI is InChI=1S/C20H20N4/c1-20(2,12-21)13-7-8-17-18(11-13)24-19(23-17)15-9-10-22-16-6-4-3-5-14(15)16/h3-11H,12,21H2,1-2H3,(H,23,24). The molecule has 2 heterocycles. The van der Waals surface area contributed by atoms with E-state index >= 15 is 0 Å². The zero-order valence-corrected chi connectivity index (χ0v) is 13.9. The first-order chi connectivity index (χ1) is 11.6. The molecule has 0 amide bonds. The fourth-order valence-electron chi connectivity index (χ4n) is 2.98. The molecule has 0 spiro atoms. The third kappa shape index (κ3) is 2.36. The predicted octanol–water partition coefficient (Wildman–Crippen LogP) is 4.01. The van der Waals surface area contributed by atoms with Crippen molar-refractivity contribution in [3.05, 3.63) is 60.3 Å². The summed E-state index contributed by atoms with van der Waals surface area (Å²) in [6, 6.07) is 16.5. The van der Waals surface area contributed by atoms with Crippen molar-refractivity contribution in [2.45, 2.75) is 19.3 Å². The molecule has 2 aromatic heterocycles. The lowest BCUT2D eigenvalue weighted by molar-refractivity contribution is 0.539. The van der Waals surface area contributed by atoms with Crippen LogP contribution < -0.4 is 5.73 Å². The van der Waals surface area contributed by atoms with Crippen molar-refractivity contribution in [3.8, 4) is 11.4 Å². The number of hydrogen-bond acceptors (Lipinski definition) is 3. The van der Waals surface area contributed by atoms with Crippen molar-refractivity contribution in [2.24, 2.45) is 5.73 Å². The number of nitrogens with one attached hydrogen (secondary N) is 1. The van der Waals surface area contributed by atoms with E-state index in [0.717, 1.165) is 33.3 Å². The molecule has 0 aliphatic heterocycles. The second-order valence-electron chi connectivity index (χ2n) is 6.78. The monoisotopic (exact) mass is 316 g/mol. The number of pyridine rings is 1. The van der Waals surface area contributed by atoms with Gasteiger partial charge in [-0.05, 0) is 29.8 Å². The van der Waals surface area contributed by atoms with E-state index in [1.54, 1.807) is 0 Å². The van der Waals surface area contributed by atoms with Gasteiger partial charge in [-0.1, -0.05) is 38.1 Å². The van der Waals surface area contributed by atoms with E-state index in [9.17, 15) is 0 Å². The zero-order valence-electron chi connectivity index (χ0n) is 13.9. The Morgan fingerprint density at radius 2 is 1.88 bits per heavy atom. The third-order valence-corrected chi connectivity index (χ3v) is 4.68. The highest BCUT2D eigenvalue weighted by atomic mass is 14.9. The number of rotatable bonds is 3. The molecule has 24 heavy (non-hydrogen) atoms. The van der Waals surface area contributed by atoms with E-state index < -0.39 is 0 Å². The molecule has 4 aromatic rings. The van der Waals surface area contributed by atoms with Gasteiger partial charge in [0.05, 0.1) is 16.6 Å². The van der Waals surface area contributed by atoms with E-state index in [4.69, 9.17) is 10.7 Å². The average Bonchev–Trinajstić information content (AvgIpc) is 3.04. The molecule has 3 N–H and O–H groups in total. The van der Waals surface area contributed by atoms with Gasteiger partial charge in [-0.3, -0.25) is 4.98 Å². The molecule has 4 heteroatoms. The van der Waals surface area contributed by atoms with Crippen LogP contribution in [-0.2, 0) is 5.41 Å². The van der Waals surface area contributed by atoms with Gasteiger partial charge in [0.2, 0.25) is 0 Å². The molecule has 0 fully saturated rings. The number of nitrogens with two attached hydrogens (primary N) is 1. The Hall–Kier alpha value is -2.72. The van der Waals surface area contributed by atoms with Gasteiger partial charge in [-0.25, -0.2) is 4.98 Å². The number of fused-ring (bicyclic) bond motifs is 2.